The predicted octanol–water partition coefficient (Wildman–Crippen LogP) is 1.48. The highest BCUT2D eigenvalue weighted by Crippen LogP contribution is 2.41. The van der Waals surface area contributed by atoms with E-state index in [1.165, 1.54) is 0 Å². The second-order valence-electron chi connectivity index (χ2n) is 5.01. The van der Waals surface area contributed by atoms with Crippen molar-refractivity contribution in [3.05, 3.63) is 23.0 Å². The molecule has 1 aromatic rings. The molecule has 1 aromatic heterocycles. The van der Waals surface area contributed by atoms with Crippen LogP contribution in [0.5, 0.6) is 0 Å². The fraction of sp³-hybridized carbons (Fsp3) is 0.615. The molecule has 100 valence electrons. The van der Waals surface area contributed by atoms with E-state index in [0.29, 0.717) is 11.4 Å². The van der Waals surface area contributed by atoms with Crippen molar-refractivity contribution in [1.82, 2.24) is 4.98 Å². The number of aliphatic hydroxyl groups is 2. The quantitative estimate of drug-likeness (QED) is 0.874. The van der Waals surface area contributed by atoms with Crippen LogP contribution in [0.3, 0.4) is 0 Å². The van der Waals surface area contributed by atoms with Gasteiger partial charge in [-0.1, -0.05) is 18.5 Å². The number of pyridine rings is 1. The van der Waals surface area contributed by atoms with Crippen molar-refractivity contribution >= 4 is 17.3 Å². The van der Waals surface area contributed by atoms with Gasteiger partial charge in [0.05, 0.1) is 29.6 Å². The smallest absolute Gasteiger partial charge is 0.0645 e. The number of hydrogen-bond acceptors (Lipinski definition) is 4. The maximum absolute atomic E-state index is 9.70. The number of anilines is 1. The summed E-state index contributed by atoms with van der Waals surface area (Å²) in [4.78, 5) is 6.41. The Bertz CT molecular complexity index is 435. The molecule has 0 radical (unpaired) electrons. The number of aromatic nitrogens is 1. The predicted molar refractivity (Wildman–Crippen MR) is 72.0 cm³/mol. The van der Waals surface area contributed by atoms with Gasteiger partial charge in [0, 0.05) is 31.1 Å². The Kier molecular flexibility index (Phi) is 3.80. The van der Waals surface area contributed by atoms with E-state index >= 15 is 0 Å². The van der Waals surface area contributed by atoms with Crippen LogP contribution in [0.15, 0.2) is 12.3 Å². The van der Waals surface area contributed by atoms with Crippen LogP contribution in [0.4, 0.5) is 5.69 Å². The third-order valence-electron chi connectivity index (χ3n) is 4.00. The summed E-state index contributed by atoms with van der Waals surface area (Å²) in [6.45, 7) is 1.97. The lowest BCUT2D eigenvalue weighted by molar-refractivity contribution is 0.0250. The van der Waals surface area contributed by atoms with Gasteiger partial charge in [-0.2, -0.15) is 0 Å². The Morgan fingerprint density at radius 2 is 2.17 bits per heavy atom. The summed E-state index contributed by atoms with van der Waals surface area (Å²) in [5.74, 6) is 0. The molecule has 0 bridgehead atoms. The van der Waals surface area contributed by atoms with Gasteiger partial charge in [0.25, 0.3) is 0 Å². The molecular weight excluding hydrogens is 252 g/mol. The maximum Gasteiger partial charge on any atom is 0.0645 e. The second kappa shape index (κ2) is 5.03. The fourth-order valence-electron chi connectivity index (χ4n) is 3.01. The largest absolute Gasteiger partial charge is 0.396 e. The van der Waals surface area contributed by atoms with Gasteiger partial charge in [-0.3, -0.25) is 4.98 Å². The van der Waals surface area contributed by atoms with E-state index in [1.807, 2.05) is 13.1 Å². The van der Waals surface area contributed by atoms with E-state index in [0.717, 1.165) is 17.8 Å². The molecule has 5 heteroatoms. The standard InChI is InChI=1S/C13H19ClN2O2/c1-3-12-13(7-17,8-18)5-10-11(16(12)2)4-9(14)6-15-10/h4,6,12,17-18H,3,5,7-8H2,1-2H3. The Morgan fingerprint density at radius 1 is 1.50 bits per heavy atom. The van der Waals surface area contributed by atoms with Crippen LogP contribution in [0.2, 0.25) is 5.02 Å². The van der Waals surface area contributed by atoms with Crippen LogP contribution >= 0.6 is 11.6 Å². The van der Waals surface area contributed by atoms with E-state index in [9.17, 15) is 10.2 Å². The average Bonchev–Trinajstić information content (AvgIpc) is 2.39. The normalized spacial score (nSPS) is 21.8. The van der Waals surface area contributed by atoms with Gasteiger partial charge in [0.1, 0.15) is 0 Å². The first-order valence-corrected chi connectivity index (χ1v) is 6.54. The molecular formula is C13H19ClN2O2. The van der Waals surface area contributed by atoms with Crippen molar-refractivity contribution in [2.75, 3.05) is 25.2 Å². The lowest BCUT2D eigenvalue weighted by Crippen LogP contribution is -2.55. The molecule has 2 N–H and O–H groups in total. The van der Waals surface area contributed by atoms with Crippen LogP contribution in [0.25, 0.3) is 0 Å². The molecule has 1 atom stereocenters. The summed E-state index contributed by atoms with van der Waals surface area (Å²) in [6, 6.07) is 1.98. The SMILES string of the molecule is CCC1N(C)c2cc(Cl)cnc2CC1(CO)CO. The molecule has 0 spiro atoms. The molecule has 1 unspecified atom stereocenters. The zero-order valence-corrected chi connectivity index (χ0v) is 11.5. The molecule has 18 heavy (non-hydrogen) atoms. The van der Waals surface area contributed by atoms with E-state index in [-0.39, 0.29) is 19.3 Å². The molecule has 2 heterocycles. The number of aliphatic hydroxyl groups excluding tert-OH is 2. The van der Waals surface area contributed by atoms with Crippen molar-refractivity contribution in [1.29, 1.82) is 0 Å². The molecule has 0 aliphatic carbocycles. The van der Waals surface area contributed by atoms with Crippen LogP contribution in [-0.4, -0.2) is 41.5 Å². The van der Waals surface area contributed by atoms with Crippen molar-refractivity contribution in [2.24, 2.45) is 5.41 Å². The number of fused-ring (bicyclic) bond motifs is 1. The Morgan fingerprint density at radius 3 is 2.72 bits per heavy atom. The Labute approximate surface area is 112 Å². The molecule has 0 saturated carbocycles. The number of halogens is 1. The van der Waals surface area contributed by atoms with Crippen LogP contribution in [0.1, 0.15) is 19.0 Å². The summed E-state index contributed by atoms with van der Waals surface area (Å²) < 4.78 is 0. The van der Waals surface area contributed by atoms with Crippen molar-refractivity contribution in [2.45, 2.75) is 25.8 Å². The van der Waals surface area contributed by atoms with Gasteiger partial charge < -0.3 is 15.1 Å². The second-order valence-corrected chi connectivity index (χ2v) is 5.45. The van der Waals surface area contributed by atoms with Crippen molar-refractivity contribution in [3.63, 3.8) is 0 Å². The minimum absolute atomic E-state index is 0.0455. The van der Waals surface area contributed by atoms with Gasteiger partial charge in [0.2, 0.25) is 0 Å². The molecule has 4 nitrogen and oxygen atoms in total. The van der Waals surface area contributed by atoms with Gasteiger partial charge in [0.15, 0.2) is 0 Å². The highest BCUT2D eigenvalue weighted by Gasteiger charge is 2.44. The fourth-order valence-corrected chi connectivity index (χ4v) is 3.16. The monoisotopic (exact) mass is 270 g/mol. The van der Waals surface area contributed by atoms with Crippen molar-refractivity contribution in [3.8, 4) is 0 Å². The number of hydrogen-bond donors (Lipinski definition) is 2. The Hall–Kier alpha value is -0.840. The lowest BCUT2D eigenvalue weighted by atomic mass is 9.73. The minimum atomic E-state index is -0.530. The van der Waals surface area contributed by atoms with Crippen molar-refractivity contribution < 1.29 is 10.2 Å². The third kappa shape index (κ3) is 1.98. The van der Waals surface area contributed by atoms with Crippen LogP contribution in [-0.2, 0) is 6.42 Å². The van der Waals surface area contributed by atoms with E-state index in [4.69, 9.17) is 11.6 Å². The first kappa shape index (κ1) is 13.6. The van der Waals surface area contributed by atoms with Gasteiger partial charge >= 0.3 is 0 Å². The highest BCUT2D eigenvalue weighted by molar-refractivity contribution is 6.30. The third-order valence-corrected chi connectivity index (χ3v) is 4.21. The average molecular weight is 271 g/mol. The molecule has 2 rings (SSSR count). The molecule has 1 aliphatic heterocycles. The van der Waals surface area contributed by atoms with E-state index in [1.54, 1.807) is 6.20 Å². The van der Waals surface area contributed by atoms with E-state index in [2.05, 4.69) is 16.8 Å². The first-order valence-electron chi connectivity index (χ1n) is 6.17. The lowest BCUT2D eigenvalue weighted by Gasteiger charge is -2.48. The topological polar surface area (TPSA) is 56.6 Å². The molecule has 0 fully saturated rings. The zero-order chi connectivity index (χ0) is 13.3. The summed E-state index contributed by atoms with van der Waals surface area (Å²) in [5, 5.41) is 20.0. The van der Waals surface area contributed by atoms with Gasteiger partial charge in [-0.15, -0.1) is 0 Å². The molecule has 0 saturated heterocycles. The van der Waals surface area contributed by atoms with E-state index < -0.39 is 5.41 Å². The number of nitrogens with zero attached hydrogens (tertiary/aromatic N) is 2. The minimum Gasteiger partial charge on any atom is -0.396 e. The summed E-state index contributed by atoms with van der Waals surface area (Å²) in [6.07, 6.45) is 3.04. The summed E-state index contributed by atoms with van der Waals surface area (Å²) >= 11 is 5.98. The van der Waals surface area contributed by atoms with Crippen LogP contribution in [0, 0.1) is 5.41 Å². The first-order chi connectivity index (χ1) is 8.57. The molecule has 1 aliphatic rings. The Balaban J connectivity index is 2.50. The number of rotatable bonds is 3. The van der Waals surface area contributed by atoms with Crippen LogP contribution < -0.4 is 4.90 Å². The summed E-state index contributed by atoms with van der Waals surface area (Å²) in [5.41, 5.74) is 1.35. The van der Waals surface area contributed by atoms with Gasteiger partial charge in [-0.25, -0.2) is 0 Å². The molecule has 0 aromatic carbocycles. The maximum atomic E-state index is 9.70. The zero-order valence-electron chi connectivity index (χ0n) is 10.7. The van der Waals surface area contributed by atoms with Gasteiger partial charge in [-0.05, 0) is 12.5 Å². The summed E-state index contributed by atoms with van der Waals surface area (Å²) in [7, 11) is 1.96. The molecule has 0 amide bonds. The highest BCUT2D eigenvalue weighted by atomic mass is 35.5.